The van der Waals surface area contributed by atoms with Crippen LogP contribution in [-0.4, -0.2) is 4.98 Å². The molecule has 4 aromatic rings. The van der Waals surface area contributed by atoms with Crippen molar-refractivity contribution in [1.29, 1.82) is 0 Å². The second kappa shape index (κ2) is 6.13. The van der Waals surface area contributed by atoms with Crippen LogP contribution in [0.3, 0.4) is 0 Å². The van der Waals surface area contributed by atoms with Crippen molar-refractivity contribution < 1.29 is 9.13 Å². The highest BCUT2D eigenvalue weighted by molar-refractivity contribution is 5.88. The topological polar surface area (TPSA) is 22.1 Å². The van der Waals surface area contributed by atoms with Crippen LogP contribution < -0.4 is 4.74 Å². The molecule has 0 saturated heterocycles. The number of hydrogen-bond acceptors (Lipinski definition) is 2. The maximum Gasteiger partial charge on any atom is 0.138 e. The number of aromatic nitrogens is 1. The Hall–Kier alpha value is -3.20. The lowest BCUT2D eigenvalue weighted by Crippen LogP contribution is -1.91. The van der Waals surface area contributed by atoms with E-state index >= 15 is 0 Å². The Labute approximate surface area is 139 Å². The molecule has 0 aliphatic rings. The van der Waals surface area contributed by atoms with Crippen LogP contribution in [0.1, 0.15) is 0 Å². The maximum absolute atomic E-state index is 13.2. The summed E-state index contributed by atoms with van der Waals surface area (Å²) in [6.07, 6.45) is 0. The molecule has 0 N–H and O–H groups in total. The molecule has 3 aromatic carbocycles. The Balaban J connectivity index is 1.86. The average molecular weight is 315 g/mol. The van der Waals surface area contributed by atoms with Gasteiger partial charge in [-0.2, -0.15) is 0 Å². The second-order valence-corrected chi connectivity index (χ2v) is 5.44. The predicted molar refractivity (Wildman–Crippen MR) is 93.7 cm³/mol. The second-order valence-electron chi connectivity index (χ2n) is 5.44. The molecule has 1 aromatic heterocycles. The van der Waals surface area contributed by atoms with Gasteiger partial charge in [0.25, 0.3) is 0 Å². The lowest BCUT2D eigenvalue weighted by molar-refractivity contribution is 0.488. The molecule has 0 atom stereocenters. The first-order valence-corrected chi connectivity index (χ1v) is 7.68. The van der Waals surface area contributed by atoms with Gasteiger partial charge in [0.05, 0.1) is 11.2 Å². The first kappa shape index (κ1) is 14.4. The number of rotatable bonds is 3. The SMILES string of the molecule is Fc1ccc(-c2cc(Oc3ccccc3)c3ccccc3n2)cc1. The minimum Gasteiger partial charge on any atom is -0.457 e. The van der Waals surface area contributed by atoms with Crippen LogP contribution in [0.5, 0.6) is 11.5 Å². The normalized spacial score (nSPS) is 10.7. The zero-order valence-corrected chi connectivity index (χ0v) is 12.8. The molecule has 3 heteroatoms. The van der Waals surface area contributed by atoms with Crippen molar-refractivity contribution >= 4 is 10.9 Å². The Kier molecular flexibility index (Phi) is 3.67. The molecule has 4 rings (SSSR count). The summed E-state index contributed by atoms with van der Waals surface area (Å²) in [5, 5.41) is 0.937. The molecule has 0 spiro atoms. The van der Waals surface area contributed by atoms with Crippen molar-refractivity contribution in [1.82, 2.24) is 4.98 Å². The van der Waals surface area contributed by atoms with E-state index in [4.69, 9.17) is 4.74 Å². The zero-order valence-electron chi connectivity index (χ0n) is 12.8. The number of hydrogen-bond donors (Lipinski definition) is 0. The van der Waals surface area contributed by atoms with Crippen LogP contribution in [0, 0.1) is 5.82 Å². The van der Waals surface area contributed by atoms with E-state index in [9.17, 15) is 4.39 Å². The Morgan fingerprint density at radius 1 is 0.750 bits per heavy atom. The summed E-state index contributed by atoms with van der Waals surface area (Å²) in [6, 6.07) is 25.7. The molecule has 0 amide bonds. The highest BCUT2D eigenvalue weighted by atomic mass is 19.1. The van der Waals surface area contributed by atoms with Gasteiger partial charge in [-0.25, -0.2) is 9.37 Å². The highest BCUT2D eigenvalue weighted by Crippen LogP contribution is 2.33. The monoisotopic (exact) mass is 315 g/mol. The number of nitrogens with zero attached hydrogens (tertiary/aromatic N) is 1. The number of benzene rings is 3. The molecule has 0 aliphatic carbocycles. The van der Waals surface area contributed by atoms with Gasteiger partial charge in [-0.3, -0.25) is 0 Å². The zero-order chi connectivity index (χ0) is 16.4. The summed E-state index contributed by atoms with van der Waals surface area (Å²) in [7, 11) is 0. The van der Waals surface area contributed by atoms with Gasteiger partial charge < -0.3 is 4.74 Å². The van der Waals surface area contributed by atoms with E-state index in [1.165, 1.54) is 12.1 Å². The fraction of sp³-hybridized carbons (Fsp3) is 0. The number of fused-ring (bicyclic) bond motifs is 1. The molecule has 0 unspecified atom stereocenters. The lowest BCUT2D eigenvalue weighted by Gasteiger charge is -2.11. The van der Waals surface area contributed by atoms with Crippen LogP contribution >= 0.6 is 0 Å². The van der Waals surface area contributed by atoms with Crippen LogP contribution in [0.4, 0.5) is 4.39 Å². The molecule has 0 bridgehead atoms. The Morgan fingerprint density at radius 3 is 2.25 bits per heavy atom. The summed E-state index contributed by atoms with van der Waals surface area (Å²) < 4.78 is 19.2. The summed E-state index contributed by atoms with van der Waals surface area (Å²) in [6.45, 7) is 0. The molecule has 0 radical (unpaired) electrons. The van der Waals surface area contributed by atoms with Gasteiger partial charge >= 0.3 is 0 Å². The van der Waals surface area contributed by atoms with Gasteiger partial charge in [0, 0.05) is 17.0 Å². The average Bonchev–Trinajstić information content (AvgIpc) is 2.63. The molecule has 24 heavy (non-hydrogen) atoms. The van der Waals surface area contributed by atoms with Gasteiger partial charge in [-0.1, -0.05) is 30.3 Å². The van der Waals surface area contributed by atoms with Gasteiger partial charge in [0.15, 0.2) is 0 Å². The van der Waals surface area contributed by atoms with E-state index in [1.54, 1.807) is 12.1 Å². The molecular weight excluding hydrogens is 301 g/mol. The number of para-hydroxylation sites is 2. The van der Waals surface area contributed by atoms with E-state index < -0.39 is 0 Å². The molecule has 0 fully saturated rings. The van der Waals surface area contributed by atoms with Crippen molar-refractivity contribution in [3.05, 3.63) is 90.7 Å². The summed E-state index contributed by atoms with van der Waals surface area (Å²) in [5.41, 5.74) is 2.44. The lowest BCUT2D eigenvalue weighted by atomic mass is 10.1. The van der Waals surface area contributed by atoms with Gasteiger partial charge in [-0.15, -0.1) is 0 Å². The molecule has 0 aliphatic heterocycles. The first-order valence-electron chi connectivity index (χ1n) is 7.68. The minimum atomic E-state index is -0.264. The molecule has 1 heterocycles. The summed E-state index contributed by atoms with van der Waals surface area (Å²) in [5.74, 6) is 1.23. The first-order chi connectivity index (χ1) is 11.8. The smallest absolute Gasteiger partial charge is 0.138 e. The van der Waals surface area contributed by atoms with Crippen LogP contribution in [-0.2, 0) is 0 Å². The third kappa shape index (κ3) is 2.84. The Morgan fingerprint density at radius 2 is 1.46 bits per heavy atom. The van der Waals surface area contributed by atoms with Crippen molar-refractivity contribution in [3.8, 4) is 22.8 Å². The summed E-state index contributed by atoms with van der Waals surface area (Å²) >= 11 is 0. The van der Waals surface area contributed by atoms with Crippen LogP contribution in [0.25, 0.3) is 22.2 Å². The van der Waals surface area contributed by atoms with E-state index in [-0.39, 0.29) is 5.82 Å². The number of ether oxygens (including phenoxy) is 1. The molecular formula is C21H14FNO. The van der Waals surface area contributed by atoms with Crippen molar-refractivity contribution in [2.45, 2.75) is 0 Å². The fourth-order valence-electron chi connectivity index (χ4n) is 2.61. The third-order valence-corrected chi connectivity index (χ3v) is 3.79. The van der Waals surface area contributed by atoms with Gasteiger partial charge in [0.2, 0.25) is 0 Å². The standard InChI is InChI=1S/C21H14FNO/c22-16-12-10-15(11-13-16)20-14-21(24-17-6-2-1-3-7-17)18-8-4-5-9-19(18)23-20/h1-14H. The summed E-state index contributed by atoms with van der Waals surface area (Å²) in [4.78, 5) is 4.67. The van der Waals surface area contributed by atoms with Crippen molar-refractivity contribution in [3.63, 3.8) is 0 Å². The molecule has 2 nitrogen and oxygen atoms in total. The van der Waals surface area contributed by atoms with Crippen molar-refractivity contribution in [2.24, 2.45) is 0 Å². The number of pyridine rings is 1. The maximum atomic E-state index is 13.2. The van der Waals surface area contributed by atoms with Crippen molar-refractivity contribution in [2.75, 3.05) is 0 Å². The number of halogens is 1. The predicted octanol–water partition coefficient (Wildman–Crippen LogP) is 5.83. The van der Waals surface area contributed by atoms with Gasteiger partial charge in [0.1, 0.15) is 17.3 Å². The van der Waals surface area contributed by atoms with E-state index in [0.717, 1.165) is 33.7 Å². The quantitative estimate of drug-likeness (QED) is 0.474. The van der Waals surface area contributed by atoms with Crippen LogP contribution in [0.2, 0.25) is 0 Å². The largest absolute Gasteiger partial charge is 0.457 e. The van der Waals surface area contributed by atoms with Crippen LogP contribution in [0.15, 0.2) is 84.9 Å². The molecule has 0 saturated carbocycles. The highest BCUT2D eigenvalue weighted by Gasteiger charge is 2.09. The van der Waals surface area contributed by atoms with E-state index in [2.05, 4.69) is 4.98 Å². The molecule has 116 valence electrons. The fourth-order valence-corrected chi connectivity index (χ4v) is 2.61. The Bertz CT molecular complexity index is 982. The third-order valence-electron chi connectivity index (χ3n) is 3.79. The van der Waals surface area contributed by atoms with E-state index in [1.807, 2.05) is 60.7 Å². The van der Waals surface area contributed by atoms with Gasteiger partial charge in [-0.05, 0) is 48.5 Å². The minimum absolute atomic E-state index is 0.264. The van der Waals surface area contributed by atoms with E-state index in [0.29, 0.717) is 0 Å².